The van der Waals surface area contributed by atoms with Gasteiger partial charge in [0.05, 0.1) is 0 Å². The second-order valence-corrected chi connectivity index (χ2v) is 6.24. The van der Waals surface area contributed by atoms with Crippen molar-refractivity contribution < 1.29 is 0 Å². The third kappa shape index (κ3) is 2.57. The first kappa shape index (κ1) is 13.6. The van der Waals surface area contributed by atoms with Gasteiger partial charge in [0, 0.05) is 24.7 Å². The minimum atomic E-state index is 0.608. The summed E-state index contributed by atoms with van der Waals surface area (Å²) in [6, 6.07) is 5.36. The Labute approximate surface area is 120 Å². The Morgan fingerprint density at radius 3 is 2.90 bits per heavy atom. The first-order valence-corrected chi connectivity index (χ1v) is 7.71. The van der Waals surface area contributed by atoms with E-state index in [0.29, 0.717) is 12.1 Å². The van der Waals surface area contributed by atoms with Crippen LogP contribution in [-0.2, 0) is 6.42 Å². The van der Waals surface area contributed by atoms with Crippen molar-refractivity contribution in [2.24, 2.45) is 0 Å². The molecular formula is C16H24N4. The van der Waals surface area contributed by atoms with Gasteiger partial charge in [-0.2, -0.15) is 0 Å². The zero-order valence-corrected chi connectivity index (χ0v) is 12.7. The molecule has 0 saturated carbocycles. The molecule has 20 heavy (non-hydrogen) atoms. The van der Waals surface area contributed by atoms with Gasteiger partial charge >= 0.3 is 0 Å². The molecule has 0 radical (unpaired) electrons. The van der Waals surface area contributed by atoms with Crippen LogP contribution in [-0.4, -0.2) is 38.1 Å². The van der Waals surface area contributed by atoms with Crippen LogP contribution in [0.1, 0.15) is 44.5 Å². The summed E-state index contributed by atoms with van der Waals surface area (Å²) in [7, 11) is 0. The fourth-order valence-corrected chi connectivity index (χ4v) is 3.32. The van der Waals surface area contributed by atoms with Gasteiger partial charge in [-0.05, 0) is 51.8 Å². The molecule has 0 aliphatic carbocycles. The monoisotopic (exact) mass is 272 g/mol. The van der Waals surface area contributed by atoms with E-state index in [1.54, 1.807) is 0 Å². The molecule has 0 N–H and O–H groups in total. The Hall–Kier alpha value is -1.42. The number of pyridine rings is 1. The molecular weight excluding hydrogens is 248 g/mol. The molecule has 1 aliphatic heterocycles. The number of piperidine rings is 1. The molecule has 4 heteroatoms. The Morgan fingerprint density at radius 1 is 1.25 bits per heavy atom. The Bertz CT molecular complexity index is 587. The van der Waals surface area contributed by atoms with E-state index in [2.05, 4.69) is 52.5 Å². The van der Waals surface area contributed by atoms with E-state index >= 15 is 0 Å². The summed E-state index contributed by atoms with van der Waals surface area (Å²) in [4.78, 5) is 2.63. The first-order chi connectivity index (χ1) is 9.65. The van der Waals surface area contributed by atoms with Gasteiger partial charge in [0.15, 0.2) is 5.65 Å². The highest BCUT2D eigenvalue weighted by atomic mass is 15.3. The molecule has 3 heterocycles. The standard InChI is InChI=1S/C16H24N4/c1-12(2)19-9-5-4-6-14(19)10-16-18-17-15-8-7-13(3)11-20(15)16/h7-8,11-12,14H,4-6,9-10H2,1-3H3. The van der Waals surface area contributed by atoms with Gasteiger partial charge in [-0.25, -0.2) is 0 Å². The maximum atomic E-state index is 4.41. The molecule has 1 saturated heterocycles. The van der Waals surface area contributed by atoms with Crippen LogP contribution in [0.5, 0.6) is 0 Å². The van der Waals surface area contributed by atoms with E-state index in [1.807, 2.05) is 6.07 Å². The van der Waals surface area contributed by atoms with Crippen LogP contribution in [0.15, 0.2) is 18.3 Å². The highest BCUT2D eigenvalue weighted by Gasteiger charge is 2.26. The molecule has 2 aromatic heterocycles. The van der Waals surface area contributed by atoms with Crippen LogP contribution in [0, 0.1) is 6.92 Å². The van der Waals surface area contributed by atoms with Crippen molar-refractivity contribution in [1.29, 1.82) is 0 Å². The minimum Gasteiger partial charge on any atom is -0.298 e. The van der Waals surface area contributed by atoms with Crippen molar-refractivity contribution >= 4 is 5.65 Å². The number of hydrogen-bond donors (Lipinski definition) is 0. The Morgan fingerprint density at radius 2 is 2.10 bits per heavy atom. The second-order valence-electron chi connectivity index (χ2n) is 6.24. The maximum absolute atomic E-state index is 4.41. The lowest BCUT2D eigenvalue weighted by atomic mass is 9.97. The average molecular weight is 272 g/mol. The Balaban J connectivity index is 1.86. The molecule has 0 spiro atoms. The van der Waals surface area contributed by atoms with E-state index < -0.39 is 0 Å². The summed E-state index contributed by atoms with van der Waals surface area (Å²) in [5, 5.41) is 8.70. The van der Waals surface area contributed by atoms with E-state index in [4.69, 9.17) is 0 Å². The van der Waals surface area contributed by atoms with Gasteiger partial charge in [-0.15, -0.1) is 10.2 Å². The molecule has 108 valence electrons. The van der Waals surface area contributed by atoms with Crippen molar-refractivity contribution in [2.75, 3.05) is 6.54 Å². The molecule has 1 unspecified atom stereocenters. The predicted molar refractivity (Wildman–Crippen MR) is 80.9 cm³/mol. The van der Waals surface area contributed by atoms with E-state index in [0.717, 1.165) is 17.9 Å². The lowest BCUT2D eigenvalue weighted by Gasteiger charge is -2.38. The predicted octanol–water partition coefficient (Wildman–Crippen LogP) is 2.84. The van der Waals surface area contributed by atoms with Crippen molar-refractivity contribution in [3.05, 3.63) is 29.7 Å². The lowest BCUT2D eigenvalue weighted by Crippen LogP contribution is -2.45. The zero-order valence-electron chi connectivity index (χ0n) is 12.7. The Kier molecular flexibility index (Phi) is 3.74. The SMILES string of the molecule is Cc1ccc2nnc(CC3CCCCN3C(C)C)n2c1. The molecule has 1 atom stereocenters. The average Bonchev–Trinajstić information content (AvgIpc) is 2.82. The number of hydrogen-bond acceptors (Lipinski definition) is 3. The van der Waals surface area contributed by atoms with E-state index in [1.165, 1.54) is 31.4 Å². The topological polar surface area (TPSA) is 33.4 Å². The quantitative estimate of drug-likeness (QED) is 0.861. The third-order valence-electron chi connectivity index (χ3n) is 4.37. The smallest absolute Gasteiger partial charge is 0.160 e. The molecule has 0 aromatic carbocycles. The summed E-state index contributed by atoms with van der Waals surface area (Å²) >= 11 is 0. The third-order valence-corrected chi connectivity index (χ3v) is 4.37. The number of aromatic nitrogens is 3. The first-order valence-electron chi connectivity index (χ1n) is 7.71. The van der Waals surface area contributed by atoms with Crippen LogP contribution < -0.4 is 0 Å². The summed E-state index contributed by atoms with van der Waals surface area (Å²) in [5.41, 5.74) is 2.21. The van der Waals surface area contributed by atoms with Crippen molar-refractivity contribution in [3.63, 3.8) is 0 Å². The normalized spacial score (nSPS) is 20.9. The van der Waals surface area contributed by atoms with Gasteiger partial charge in [0.25, 0.3) is 0 Å². The van der Waals surface area contributed by atoms with Crippen molar-refractivity contribution in [2.45, 2.75) is 58.5 Å². The zero-order chi connectivity index (χ0) is 14.1. The molecule has 0 bridgehead atoms. The van der Waals surface area contributed by atoms with Gasteiger partial charge < -0.3 is 0 Å². The minimum absolute atomic E-state index is 0.608. The van der Waals surface area contributed by atoms with Gasteiger partial charge in [0.2, 0.25) is 0 Å². The number of likely N-dealkylation sites (tertiary alicyclic amines) is 1. The molecule has 1 fully saturated rings. The van der Waals surface area contributed by atoms with Crippen LogP contribution >= 0.6 is 0 Å². The molecule has 1 aliphatic rings. The molecule has 2 aromatic rings. The highest BCUT2D eigenvalue weighted by Crippen LogP contribution is 2.22. The van der Waals surface area contributed by atoms with Crippen LogP contribution in [0.25, 0.3) is 5.65 Å². The summed E-state index contributed by atoms with van der Waals surface area (Å²) < 4.78 is 2.16. The lowest BCUT2D eigenvalue weighted by molar-refractivity contribution is 0.110. The van der Waals surface area contributed by atoms with Gasteiger partial charge in [-0.1, -0.05) is 12.5 Å². The second kappa shape index (κ2) is 5.52. The number of rotatable bonds is 3. The number of nitrogens with zero attached hydrogens (tertiary/aromatic N) is 4. The highest BCUT2D eigenvalue weighted by molar-refractivity contribution is 5.39. The van der Waals surface area contributed by atoms with Gasteiger partial charge in [-0.3, -0.25) is 9.30 Å². The fraction of sp³-hybridized carbons (Fsp3) is 0.625. The number of aryl methyl sites for hydroxylation is 1. The molecule has 3 rings (SSSR count). The molecule has 0 amide bonds. The van der Waals surface area contributed by atoms with Crippen LogP contribution in [0.4, 0.5) is 0 Å². The summed E-state index contributed by atoms with van der Waals surface area (Å²) in [5.74, 6) is 1.10. The van der Waals surface area contributed by atoms with E-state index in [9.17, 15) is 0 Å². The molecule has 4 nitrogen and oxygen atoms in total. The maximum Gasteiger partial charge on any atom is 0.160 e. The van der Waals surface area contributed by atoms with Crippen LogP contribution in [0.2, 0.25) is 0 Å². The number of fused-ring (bicyclic) bond motifs is 1. The largest absolute Gasteiger partial charge is 0.298 e. The summed E-state index contributed by atoms with van der Waals surface area (Å²) in [6.45, 7) is 7.93. The van der Waals surface area contributed by atoms with Crippen molar-refractivity contribution in [3.8, 4) is 0 Å². The van der Waals surface area contributed by atoms with Crippen molar-refractivity contribution in [1.82, 2.24) is 19.5 Å². The summed E-state index contributed by atoms with van der Waals surface area (Å²) in [6.07, 6.45) is 7.09. The van der Waals surface area contributed by atoms with E-state index in [-0.39, 0.29) is 0 Å². The fourth-order valence-electron chi connectivity index (χ4n) is 3.32. The van der Waals surface area contributed by atoms with Gasteiger partial charge in [0.1, 0.15) is 5.82 Å². The van der Waals surface area contributed by atoms with Crippen LogP contribution in [0.3, 0.4) is 0 Å².